The first-order valence-electron chi connectivity index (χ1n) is 8.02. The fourth-order valence-electron chi connectivity index (χ4n) is 2.65. The van der Waals surface area contributed by atoms with Crippen molar-refractivity contribution in [1.29, 1.82) is 0 Å². The molecule has 0 saturated carbocycles. The van der Waals surface area contributed by atoms with E-state index in [0.29, 0.717) is 12.2 Å². The summed E-state index contributed by atoms with van der Waals surface area (Å²) in [5.41, 5.74) is 2.66. The summed E-state index contributed by atoms with van der Waals surface area (Å²) in [4.78, 5) is 19.1. The molecule has 9 heteroatoms. The molecule has 0 aromatic carbocycles. The van der Waals surface area contributed by atoms with Crippen LogP contribution in [0.4, 0.5) is 0 Å². The van der Waals surface area contributed by atoms with E-state index >= 15 is 0 Å². The zero-order valence-electron chi connectivity index (χ0n) is 14.6. The maximum Gasteiger partial charge on any atom is 0.210 e. The molecule has 0 N–H and O–H groups in total. The summed E-state index contributed by atoms with van der Waals surface area (Å²) >= 11 is 1.60. The maximum atomic E-state index is 4.62. The van der Waals surface area contributed by atoms with Gasteiger partial charge in [0, 0.05) is 37.2 Å². The topological polar surface area (TPSA) is 86.7 Å². The number of hydrogen-bond acceptors (Lipinski definition) is 7. The molecule has 4 rings (SSSR count). The lowest BCUT2D eigenvalue weighted by atomic mass is 10.3. The van der Waals surface area contributed by atoms with Crippen molar-refractivity contribution in [2.45, 2.75) is 33.6 Å². The summed E-state index contributed by atoms with van der Waals surface area (Å²) < 4.78 is 3.65. The van der Waals surface area contributed by atoms with E-state index in [1.807, 2.05) is 44.7 Å². The molecule has 4 aromatic rings. The summed E-state index contributed by atoms with van der Waals surface area (Å²) in [6.45, 7) is 5.94. The zero-order valence-corrected chi connectivity index (χ0v) is 15.4. The molecule has 0 spiro atoms. The van der Waals surface area contributed by atoms with E-state index in [-0.39, 0.29) is 0 Å². The maximum absolute atomic E-state index is 4.62. The van der Waals surface area contributed by atoms with E-state index in [0.717, 1.165) is 45.0 Å². The minimum absolute atomic E-state index is 0.675. The molecule has 0 aliphatic rings. The van der Waals surface area contributed by atoms with Gasteiger partial charge in [-0.1, -0.05) is 0 Å². The number of thiazole rings is 1. The van der Waals surface area contributed by atoms with E-state index in [9.17, 15) is 0 Å². The fourth-order valence-corrected chi connectivity index (χ4v) is 3.34. The highest BCUT2D eigenvalue weighted by molar-refractivity contribution is 7.14. The van der Waals surface area contributed by atoms with Gasteiger partial charge in [-0.05, 0) is 20.8 Å². The summed E-state index contributed by atoms with van der Waals surface area (Å²) in [6, 6.07) is 0. The number of rotatable bonds is 4. The molecule has 0 amide bonds. The molecule has 0 unspecified atom stereocenters. The predicted octanol–water partition coefficient (Wildman–Crippen LogP) is 2.09. The first-order chi connectivity index (χ1) is 12.0. The van der Waals surface area contributed by atoms with Gasteiger partial charge in [0.25, 0.3) is 0 Å². The van der Waals surface area contributed by atoms with Crippen LogP contribution in [0.3, 0.4) is 0 Å². The van der Waals surface area contributed by atoms with E-state index in [1.54, 1.807) is 16.0 Å². The van der Waals surface area contributed by atoms with Crippen molar-refractivity contribution in [2.24, 2.45) is 7.05 Å². The Bertz CT molecular complexity index is 1020. The van der Waals surface area contributed by atoms with Crippen molar-refractivity contribution in [3.63, 3.8) is 0 Å². The molecular formula is C16H18N8S. The fraction of sp³-hybridized carbons (Fsp3) is 0.375. The highest BCUT2D eigenvalue weighted by atomic mass is 32.1. The van der Waals surface area contributed by atoms with Gasteiger partial charge in [0.1, 0.15) is 5.82 Å². The van der Waals surface area contributed by atoms with Gasteiger partial charge in [-0.15, -0.1) is 16.4 Å². The van der Waals surface area contributed by atoms with Gasteiger partial charge in [0.15, 0.2) is 16.5 Å². The largest absolute Gasteiger partial charge is 0.256 e. The third-order valence-electron chi connectivity index (χ3n) is 3.99. The average Bonchev–Trinajstić information content (AvgIpc) is 3.28. The van der Waals surface area contributed by atoms with Crippen LogP contribution >= 0.6 is 11.3 Å². The van der Waals surface area contributed by atoms with Crippen LogP contribution in [0.5, 0.6) is 0 Å². The Balaban J connectivity index is 1.56. The molecule has 0 aliphatic carbocycles. The molecule has 4 aromatic heterocycles. The predicted molar refractivity (Wildman–Crippen MR) is 94.5 cm³/mol. The van der Waals surface area contributed by atoms with Gasteiger partial charge in [-0.25, -0.2) is 19.5 Å². The summed E-state index contributed by atoms with van der Waals surface area (Å²) in [7, 11) is 1.90. The Morgan fingerprint density at radius 1 is 1.00 bits per heavy atom. The third-order valence-corrected chi connectivity index (χ3v) is 4.90. The molecule has 8 nitrogen and oxygen atoms in total. The van der Waals surface area contributed by atoms with Crippen LogP contribution in [0, 0.1) is 20.8 Å². The third kappa shape index (κ3) is 2.91. The minimum atomic E-state index is 0.675. The van der Waals surface area contributed by atoms with Gasteiger partial charge in [-0.3, -0.25) is 9.67 Å². The lowest BCUT2D eigenvalue weighted by Crippen LogP contribution is -2.03. The smallest absolute Gasteiger partial charge is 0.210 e. The van der Waals surface area contributed by atoms with Gasteiger partial charge in [0.2, 0.25) is 5.82 Å². The van der Waals surface area contributed by atoms with E-state index in [1.165, 1.54) is 0 Å². The molecule has 128 valence electrons. The van der Waals surface area contributed by atoms with Gasteiger partial charge in [-0.2, -0.15) is 5.10 Å². The Kier molecular flexibility index (Phi) is 3.79. The Labute approximate surface area is 148 Å². The van der Waals surface area contributed by atoms with Crippen molar-refractivity contribution in [3.8, 4) is 10.8 Å². The Morgan fingerprint density at radius 2 is 1.84 bits per heavy atom. The van der Waals surface area contributed by atoms with Crippen LogP contribution in [0.15, 0.2) is 12.4 Å². The lowest BCUT2D eigenvalue weighted by molar-refractivity contribution is 0.683. The number of aromatic nitrogens is 8. The van der Waals surface area contributed by atoms with Crippen LogP contribution < -0.4 is 0 Å². The molecule has 25 heavy (non-hydrogen) atoms. The van der Waals surface area contributed by atoms with E-state index in [4.69, 9.17) is 0 Å². The number of fused-ring (bicyclic) bond motifs is 1. The van der Waals surface area contributed by atoms with Crippen molar-refractivity contribution in [1.82, 2.24) is 39.3 Å². The summed E-state index contributed by atoms with van der Waals surface area (Å²) in [6.07, 6.45) is 5.07. The van der Waals surface area contributed by atoms with Crippen LogP contribution in [0.25, 0.3) is 16.5 Å². The number of nitrogens with zero attached hydrogens (tertiary/aromatic N) is 8. The second-order valence-corrected chi connectivity index (χ2v) is 7.23. The van der Waals surface area contributed by atoms with Gasteiger partial charge >= 0.3 is 0 Å². The first kappa shape index (κ1) is 15.8. The molecule has 0 fully saturated rings. The second kappa shape index (κ2) is 5.99. The van der Waals surface area contributed by atoms with Crippen LogP contribution in [-0.4, -0.2) is 39.3 Å². The first-order valence-corrected chi connectivity index (χ1v) is 8.83. The summed E-state index contributed by atoms with van der Waals surface area (Å²) in [5, 5.41) is 9.91. The second-order valence-electron chi connectivity index (χ2n) is 6.00. The molecular weight excluding hydrogens is 336 g/mol. The van der Waals surface area contributed by atoms with Crippen molar-refractivity contribution in [2.75, 3.05) is 0 Å². The number of aryl methyl sites for hydroxylation is 6. The SMILES string of the molecule is Cc1cnc(-c2nc(CCc3nc4c(C)ncc(C)n4n3)n(C)n2)s1. The molecule has 4 heterocycles. The molecule has 0 atom stereocenters. The summed E-state index contributed by atoms with van der Waals surface area (Å²) in [5.74, 6) is 2.36. The van der Waals surface area contributed by atoms with Crippen molar-refractivity contribution < 1.29 is 0 Å². The quantitative estimate of drug-likeness (QED) is 0.558. The number of hydrogen-bond donors (Lipinski definition) is 0. The van der Waals surface area contributed by atoms with Crippen LogP contribution in [-0.2, 0) is 19.9 Å². The minimum Gasteiger partial charge on any atom is -0.256 e. The standard InChI is InChI=1S/C16H18N8S/c1-9-7-17-11(3)15-19-12(21-24(9)15)5-6-13-20-14(22-23(13)4)16-18-8-10(2)25-16/h7-8H,5-6H2,1-4H3. The zero-order chi connectivity index (χ0) is 17.6. The normalized spacial score (nSPS) is 11.5. The van der Waals surface area contributed by atoms with Gasteiger partial charge in [0.05, 0.1) is 11.4 Å². The molecule has 0 saturated heterocycles. The van der Waals surface area contributed by atoms with E-state index < -0.39 is 0 Å². The monoisotopic (exact) mass is 354 g/mol. The van der Waals surface area contributed by atoms with Gasteiger partial charge < -0.3 is 0 Å². The van der Waals surface area contributed by atoms with Crippen molar-refractivity contribution >= 4 is 17.0 Å². The lowest BCUT2D eigenvalue weighted by Gasteiger charge is -1.97. The highest BCUT2D eigenvalue weighted by Crippen LogP contribution is 2.21. The molecule has 0 radical (unpaired) electrons. The Hall–Kier alpha value is -2.68. The molecule has 0 bridgehead atoms. The molecule has 0 aliphatic heterocycles. The highest BCUT2D eigenvalue weighted by Gasteiger charge is 2.14. The van der Waals surface area contributed by atoms with E-state index in [2.05, 4.69) is 30.1 Å². The van der Waals surface area contributed by atoms with Crippen molar-refractivity contribution in [3.05, 3.63) is 40.3 Å². The van der Waals surface area contributed by atoms with Crippen LogP contribution in [0.2, 0.25) is 0 Å². The average molecular weight is 354 g/mol. The Morgan fingerprint density at radius 3 is 2.56 bits per heavy atom. The van der Waals surface area contributed by atoms with Crippen LogP contribution in [0.1, 0.15) is 27.9 Å².